The van der Waals surface area contributed by atoms with Crippen LogP contribution in [0.25, 0.3) is 11.3 Å². The quantitative estimate of drug-likeness (QED) is 0.629. The summed E-state index contributed by atoms with van der Waals surface area (Å²) in [7, 11) is 0. The average Bonchev–Trinajstić information content (AvgIpc) is 2.60. The monoisotopic (exact) mass is 356 g/mol. The Morgan fingerprint density at radius 3 is 2.69 bits per heavy atom. The SMILES string of the molecule is CCOC(=O)CCC(=O)c1nc(-c2c(C)cccc2F)cc(C#N)c1O. The minimum absolute atomic E-state index is 0.0643. The molecule has 0 fully saturated rings. The van der Waals surface area contributed by atoms with Crippen LogP contribution in [-0.2, 0) is 9.53 Å². The molecule has 0 bridgehead atoms. The summed E-state index contributed by atoms with van der Waals surface area (Å²) in [6.45, 7) is 3.50. The number of carbonyl (C=O) groups excluding carboxylic acids is 2. The minimum Gasteiger partial charge on any atom is -0.504 e. The molecule has 7 heteroatoms. The minimum atomic E-state index is -0.636. The van der Waals surface area contributed by atoms with Crippen molar-refractivity contribution in [2.24, 2.45) is 0 Å². The zero-order chi connectivity index (χ0) is 19.3. The summed E-state index contributed by atoms with van der Waals surface area (Å²) in [6, 6.07) is 7.44. The molecule has 0 saturated carbocycles. The fourth-order valence-electron chi connectivity index (χ4n) is 2.47. The number of halogens is 1. The molecule has 0 aliphatic rings. The van der Waals surface area contributed by atoms with Crippen molar-refractivity contribution in [1.29, 1.82) is 5.26 Å². The number of hydrogen-bond acceptors (Lipinski definition) is 6. The predicted octanol–water partition coefficient (Wildman–Crippen LogP) is 3.30. The number of hydrogen-bond donors (Lipinski definition) is 1. The highest BCUT2D eigenvalue weighted by atomic mass is 19.1. The van der Waals surface area contributed by atoms with Crippen molar-refractivity contribution in [3.8, 4) is 23.1 Å². The summed E-state index contributed by atoms with van der Waals surface area (Å²) < 4.78 is 19.0. The zero-order valence-electron chi connectivity index (χ0n) is 14.4. The Balaban J connectivity index is 2.46. The van der Waals surface area contributed by atoms with Crippen molar-refractivity contribution in [2.75, 3.05) is 6.61 Å². The number of pyridine rings is 1. The van der Waals surface area contributed by atoms with E-state index in [0.29, 0.717) is 5.56 Å². The van der Waals surface area contributed by atoms with E-state index in [4.69, 9.17) is 4.74 Å². The Morgan fingerprint density at radius 2 is 2.08 bits per heavy atom. The van der Waals surface area contributed by atoms with Gasteiger partial charge < -0.3 is 9.84 Å². The molecule has 134 valence electrons. The highest BCUT2D eigenvalue weighted by Gasteiger charge is 2.21. The fraction of sp³-hybridized carbons (Fsp3) is 0.263. The molecular formula is C19H17FN2O4. The van der Waals surface area contributed by atoms with Crippen LogP contribution >= 0.6 is 0 Å². The van der Waals surface area contributed by atoms with Crippen LogP contribution in [0.5, 0.6) is 5.75 Å². The van der Waals surface area contributed by atoms with Crippen LogP contribution in [0, 0.1) is 24.1 Å². The molecule has 1 aromatic carbocycles. The second-order valence-corrected chi connectivity index (χ2v) is 5.52. The molecule has 0 atom stereocenters. The third-order valence-electron chi connectivity index (χ3n) is 3.72. The van der Waals surface area contributed by atoms with Crippen LogP contribution in [-0.4, -0.2) is 28.4 Å². The smallest absolute Gasteiger partial charge is 0.306 e. The molecule has 2 rings (SSSR count). The van der Waals surface area contributed by atoms with Gasteiger partial charge in [0.15, 0.2) is 11.5 Å². The predicted molar refractivity (Wildman–Crippen MR) is 90.9 cm³/mol. The van der Waals surface area contributed by atoms with Crippen LogP contribution in [0.1, 0.15) is 41.4 Å². The Labute approximate surface area is 149 Å². The maximum absolute atomic E-state index is 14.2. The van der Waals surface area contributed by atoms with Gasteiger partial charge in [-0.2, -0.15) is 5.26 Å². The van der Waals surface area contributed by atoms with E-state index >= 15 is 0 Å². The number of aromatic hydroxyl groups is 1. The molecule has 1 heterocycles. The molecule has 0 aliphatic heterocycles. The Hall–Kier alpha value is -3.27. The highest BCUT2D eigenvalue weighted by molar-refractivity contribution is 5.99. The number of aryl methyl sites for hydroxylation is 1. The lowest BCUT2D eigenvalue weighted by Gasteiger charge is -2.11. The maximum atomic E-state index is 14.2. The van der Waals surface area contributed by atoms with Gasteiger partial charge in [0.2, 0.25) is 0 Å². The van der Waals surface area contributed by atoms with Crippen molar-refractivity contribution in [3.63, 3.8) is 0 Å². The molecule has 0 radical (unpaired) electrons. The molecule has 0 aliphatic carbocycles. The zero-order valence-corrected chi connectivity index (χ0v) is 14.4. The van der Waals surface area contributed by atoms with Gasteiger partial charge in [0.05, 0.1) is 24.3 Å². The van der Waals surface area contributed by atoms with Gasteiger partial charge in [-0.25, -0.2) is 9.37 Å². The van der Waals surface area contributed by atoms with Crippen LogP contribution in [0.4, 0.5) is 4.39 Å². The highest BCUT2D eigenvalue weighted by Crippen LogP contribution is 2.31. The van der Waals surface area contributed by atoms with Gasteiger partial charge in [-0.3, -0.25) is 9.59 Å². The molecule has 26 heavy (non-hydrogen) atoms. The van der Waals surface area contributed by atoms with Crippen molar-refractivity contribution >= 4 is 11.8 Å². The molecule has 0 unspecified atom stereocenters. The molecule has 0 saturated heterocycles. The van der Waals surface area contributed by atoms with Crippen molar-refractivity contribution < 1.29 is 23.8 Å². The largest absolute Gasteiger partial charge is 0.504 e. The second-order valence-electron chi connectivity index (χ2n) is 5.52. The fourth-order valence-corrected chi connectivity index (χ4v) is 2.47. The first-order chi connectivity index (χ1) is 12.4. The van der Waals surface area contributed by atoms with E-state index in [0.717, 1.165) is 0 Å². The third-order valence-corrected chi connectivity index (χ3v) is 3.72. The van der Waals surface area contributed by atoms with Gasteiger partial charge in [0.1, 0.15) is 17.6 Å². The average molecular weight is 356 g/mol. The van der Waals surface area contributed by atoms with E-state index in [2.05, 4.69) is 4.98 Å². The van der Waals surface area contributed by atoms with Gasteiger partial charge in [0.25, 0.3) is 0 Å². The summed E-state index contributed by atoms with van der Waals surface area (Å²) >= 11 is 0. The van der Waals surface area contributed by atoms with Crippen molar-refractivity contribution in [2.45, 2.75) is 26.7 Å². The van der Waals surface area contributed by atoms with Gasteiger partial charge >= 0.3 is 5.97 Å². The summed E-state index contributed by atoms with van der Waals surface area (Å²) in [5.74, 6) is -2.33. The topological polar surface area (TPSA) is 100 Å². The van der Waals surface area contributed by atoms with Crippen LogP contribution in [0.15, 0.2) is 24.3 Å². The molecule has 6 nitrogen and oxygen atoms in total. The van der Waals surface area contributed by atoms with E-state index < -0.39 is 23.3 Å². The lowest BCUT2D eigenvalue weighted by molar-refractivity contribution is -0.143. The number of carbonyl (C=O) groups is 2. The number of ketones is 1. The van der Waals surface area contributed by atoms with E-state index in [1.54, 1.807) is 26.0 Å². The van der Waals surface area contributed by atoms with Crippen LogP contribution < -0.4 is 0 Å². The lowest BCUT2D eigenvalue weighted by Crippen LogP contribution is -2.10. The van der Waals surface area contributed by atoms with Crippen molar-refractivity contribution in [3.05, 3.63) is 46.9 Å². The van der Waals surface area contributed by atoms with Crippen LogP contribution in [0.2, 0.25) is 0 Å². The van der Waals surface area contributed by atoms with E-state index in [-0.39, 0.29) is 42.0 Å². The van der Waals surface area contributed by atoms with E-state index in [9.17, 15) is 24.3 Å². The Kier molecular flexibility index (Phi) is 6.02. The number of rotatable bonds is 6. The summed E-state index contributed by atoms with van der Waals surface area (Å²) in [5, 5.41) is 19.3. The number of aromatic nitrogens is 1. The van der Waals surface area contributed by atoms with E-state index in [1.807, 2.05) is 0 Å². The number of esters is 1. The first kappa shape index (κ1) is 19.1. The molecule has 1 aromatic heterocycles. The van der Waals surface area contributed by atoms with Gasteiger partial charge in [-0.05, 0) is 31.5 Å². The molecule has 0 spiro atoms. The number of ether oxygens (including phenoxy) is 1. The Morgan fingerprint density at radius 1 is 1.35 bits per heavy atom. The maximum Gasteiger partial charge on any atom is 0.306 e. The Bertz CT molecular complexity index is 883. The second kappa shape index (κ2) is 8.21. The van der Waals surface area contributed by atoms with E-state index in [1.165, 1.54) is 18.2 Å². The van der Waals surface area contributed by atoms with Crippen molar-refractivity contribution in [1.82, 2.24) is 4.98 Å². The molecule has 1 N–H and O–H groups in total. The first-order valence-electron chi connectivity index (χ1n) is 7.97. The van der Waals surface area contributed by atoms with Gasteiger partial charge in [-0.1, -0.05) is 12.1 Å². The number of Topliss-reactive ketones (excluding diaryl/α,β-unsaturated/α-hetero) is 1. The summed E-state index contributed by atoms with van der Waals surface area (Å²) in [6.07, 6.45) is -0.428. The molecule has 0 amide bonds. The number of nitrogens with zero attached hydrogens (tertiary/aromatic N) is 2. The first-order valence-corrected chi connectivity index (χ1v) is 7.97. The number of nitriles is 1. The standard InChI is InChI=1S/C19H17FN2O4/c1-3-26-16(24)8-7-15(23)18-19(25)12(10-21)9-14(22-18)17-11(2)5-4-6-13(17)20/h4-6,9,25H,3,7-8H2,1-2H3. The summed E-state index contributed by atoms with van der Waals surface area (Å²) in [4.78, 5) is 27.8. The summed E-state index contributed by atoms with van der Waals surface area (Å²) in [5.41, 5.74) is 0.206. The number of benzene rings is 1. The van der Waals surface area contributed by atoms with Crippen LogP contribution in [0.3, 0.4) is 0 Å². The normalized spacial score (nSPS) is 10.2. The molecule has 2 aromatic rings. The molecular weight excluding hydrogens is 339 g/mol. The lowest BCUT2D eigenvalue weighted by atomic mass is 10.0. The van der Waals surface area contributed by atoms with Gasteiger partial charge in [-0.15, -0.1) is 0 Å². The van der Waals surface area contributed by atoms with Gasteiger partial charge in [0, 0.05) is 12.0 Å². The third kappa shape index (κ3) is 4.03.